The SMILES string of the molecule is CCn1cc(-c2cccc(C(=O)Nc3cc(N4CC5(C(C)(C)O)CC4C5)cnc3C(F)(F)F)n2)cn1. The lowest BCUT2D eigenvalue weighted by Crippen LogP contribution is -2.50. The molecular formula is C25H27F3N6O2. The third-order valence-electron chi connectivity index (χ3n) is 7.42. The van der Waals surface area contributed by atoms with Crippen molar-refractivity contribution >= 4 is 17.3 Å². The Hall–Kier alpha value is -3.47. The molecule has 11 heteroatoms. The van der Waals surface area contributed by atoms with Crippen LogP contribution in [0.3, 0.4) is 0 Å². The number of pyridine rings is 2. The number of aliphatic hydroxyl groups is 1. The Bertz CT molecular complexity index is 1310. The molecule has 1 amide bonds. The predicted molar refractivity (Wildman–Crippen MR) is 127 cm³/mol. The highest BCUT2D eigenvalue weighted by molar-refractivity contribution is 6.03. The van der Waals surface area contributed by atoms with Gasteiger partial charge in [0.2, 0.25) is 0 Å². The van der Waals surface area contributed by atoms with Crippen LogP contribution in [0, 0.1) is 5.41 Å². The summed E-state index contributed by atoms with van der Waals surface area (Å²) < 4.78 is 43.0. The molecule has 1 aliphatic carbocycles. The van der Waals surface area contributed by atoms with Crippen LogP contribution in [0.1, 0.15) is 49.8 Å². The number of fused-ring (bicyclic) bond motifs is 1. The number of hydrogen-bond donors (Lipinski definition) is 2. The molecule has 2 bridgehead atoms. The molecule has 1 saturated carbocycles. The van der Waals surface area contributed by atoms with E-state index in [2.05, 4.69) is 20.4 Å². The first-order valence-electron chi connectivity index (χ1n) is 11.8. The van der Waals surface area contributed by atoms with Gasteiger partial charge in [0.25, 0.3) is 5.91 Å². The molecule has 3 aliphatic rings. The second kappa shape index (κ2) is 8.29. The molecule has 3 aromatic heterocycles. The summed E-state index contributed by atoms with van der Waals surface area (Å²) in [6, 6.07) is 6.18. The highest BCUT2D eigenvalue weighted by atomic mass is 19.4. The van der Waals surface area contributed by atoms with Gasteiger partial charge in [0.1, 0.15) is 5.69 Å². The molecule has 0 aromatic carbocycles. The van der Waals surface area contributed by atoms with Gasteiger partial charge in [0.15, 0.2) is 5.69 Å². The Morgan fingerprint density at radius 3 is 2.61 bits per heavy atom. The molecule has 5 heterocycles. The highest BCUT2D eigenvalue weighted by Crippen LogP contribution is 2.58. The van der Waals surface area contributed by atoms with E-state index in [1.54, 1.807) is 43.1 Å². The van der Waals surface area contributed by atoms with Gasteiger partial charge in [0.05, 0.1) is 35.1 Å². The van der Waals surface area contributed by atoms with E-state index in [1.807, 2.05) is 11.8 Å². The van der Waals surface area contributed by atoms with E-state index in [0.29, 0.717) is 30.0 Å². The van der Waals surface area contributed by atoms with E-state index >= 15 is 0 Å². The average Bonchev–Trinajstić information content (AvgIpc) is 3.51. The number of carbonyl (C=O) groups excluding carboxylic acids is 1. The fourth-order valence-corrected chi connectivity index (χ4v) is 5.15. The minimum atomic E-state index is -4.76. The van der Waals surface area contributed by atoms with Gasteiger partial charge in [-0.05, 0) is 51.8 Å². The van der Waals surface area contributed by atoms with Crippen LogP contribution >= 0.6 is 0 Å². The van der Waals surface area contributed by atoms with Crippen molar-refractivity contribution in [3.05, 3.63) is 54.2 Å². The summed E-state index contributed by atoms with van der Waals surface area (Å²) in [5.74, 6) is -0.775. The zero-order chi connectivity index (χ0) is 25.9. The topological polar surface area (TPSA) is 96.2 Å². The largest absolute Gasteiger partial charge is 0.435 e. The van der Waals surface area contributed by atoms with Crippen LogP contribution in [-0.4, -0.2) is 48.9 Å². The Balaban J connectivity index is 1.43. The molecule has 2 aliphatic heterocycles. The first-order valence-corrected chi connectivity index (χ1v) is 11.8. The van der Waals surface area contributed by atoms with Crippen LogP contribution in [0.4, 0.5) is 24.5 Å². The van der Waals surface area contributed by atoms with Gasteiger partial charge < -0.3 is 15.3 Å². The Kier molecular flexibility index (Phi) is 5.58. The molecule has 0 radical (unpaired) electrons. The number of rotatable bonds is 6. The summed E-state index contributed by atoms with van der Waals surface area (Å²) in [5, 5.41) is 17.2. The zero-order valence-corrected chi connectivity index (χ0v) is 20.2. The Morgan fingerprint density at radius 1 is 1.25 bits per heavy atom. The number of aromatic nitrogens is 4. The number of halogens is 3. The summed E-state index contributed by atoms with van der Waals surface area (Å²) >= 11 is 0. The van der Waals surface area contributed by atoms with Gasteiger partial charge in [-0.15, -0.1) is 0 Å². The van der Waals surface area contributed by atoms with Crippen LogP contribution in [0.25, 0.3) is 11.3 Å². The lowest BCUT2D eigenvalue weighted by molar-refractivity contribution is -0.140. The third kappa shape index (κ3) is 4.11. The van der Waals surface area contributed by atoms with Crippen molar-refractivity contribution in [1.29, 1.82) is 0 Å². The van der Waals surface area contributed by atoms with Crippen molar-refractivity contribution in [2.75, 3.05) is 16.8 Å². The maximum Gasteiger partial charge on any atom is 0.435 e. The van der Waals surface area contributed by atoms with Crippen LogP contribution in [0.5, 0.6) is 0 Å². The summed E-state index contributed by atoms with van der Waals surface area (Å²) in [7, 11) is 0. The number of nitrogens with one attached hydrogen (secondary N) is 1. The van der Waals surface area contributed by atoms with E-state index in [4.69, 9.17) is 0 Å². The van der Waals surface area contributed by atoms with Crippen LogP contribution in [0.2, 0.25) is 0 Å². The maximum atomic E-state index is 13.7. The van der Waals surface area contributed by atoms with Gasteiger partial charge in [-0.1, -0.05) is 6.07 Å². The van der Waals surface area contributed by atoms with E-state index in [-0.39, 0.29) is 17.2 Å². The average molecular weight is 501 g/mol. The van der Waals surface area contributed by atoms with E-state index in [0.717, 1.165) is 12.8 Å². The number of hydrogen-bond acceptors (Lipinski definition) is 6. The van der Waals surface area contributed by atoms with Gasteiger partial charge in [-0.2, -0.15) is 18.3 Å². The summed E-state index contributed by atoms with van der Waals surface area (Å²) in [6.07, 6.45) is 1.33. The fourth-order valence-electron chi connectivity index (χ4n) is 5.15. The zero-order valence-electron chi connectivity index (χ0n) is 20.2. The quantitative estimate of drug-likeness (QED) is 0.522. The van der Waals surface area contributed by atoms with Gasteiger partial charge in [0, 0.05) is 36.3 Å². The van der Waals surface area contributed by atoms with Crippen molar-refractivity contribution < 1.29 is 23.1 Å². The molecule has 3 fully saturated rings. The molecule has 0 unspecified atom stereocenters. The number of alkyl halides is 3. The first kappa shape index (κ1) is 24.2. The van der Waals surface area contributed by atoms with E-state index in [1.165, 1.54) is 18.3 Å². The minimum absolute atomic E-state index is 0.0281. The number of amides is 1. The molecule has 0 atom stereocenters. The van der Waals surface area contributed by atoms with E-state index in [9.17, 15) is 23.1 Å². The number of carbonyl (C=O) groups is 1. The summed E-state index contributed by atoms with van der Waals surface area (Å²) in [6.45, 7) is 6.63. The van der Waals surface area contributed by atoms with Crippen molar-refractivity contribution in [1.82, 2.24) is 19.7 Å². The van der Waals surface area contributed by atoms with Crippen LogP contribution < -0.4 is 10.2 Å². The van der Waals surface area contributed by atoms with Crippen molar-refractivity contribution in [2.24, 2.45) is 5.41 Å². The normalized spacial score (nSPS) is 21.4. The monoisotopic (exact) mass is 500 g/mol. The Morgan fingerprint density at radius 2 is 2.00 bits per heavy atom. The second-order valence-corrected chi connectivity index (χ2v) is 10.1. The molecule has 0 spiro atoms. The Labute approximate surface area is 206 Å². The predicted octanol–water partition coefficient (Wildman–Crippen LogP) is 4.37. The van der Waals surface area contributed by atoms with Crippen molar-refractivity contribution in [3.8, 4) is 11.3 Å². The summed E-state index contributed by atoms with van der Waals surface area (Å²) in [4.78, 5) is 23.0. The maximum absolute atomic E-state index is 13.7. The molecule has 2 saturated heterocycles. The van der Waals surface area contributed by atoms with Crippen LogP contribution in [-0.2, 0) is 12.7 Å². The fraction of sp³-hybridized carbons (Fsp3) is 0.440. The lowest BCUT2D eigenvalue weighted by atomic mass is 9.61. The molecule has 8 nitrogen and oxygen atoms in total. The van der Waals surface area contributed by atoms with E-state index < -0.39 is 29.1 Å². The smallest absolute Gasteiger partial charge is 0.390 e. The molecule has 36 heavy (non-hydrogen) atoms. The lowest BCUT2D eigenvalue weighted by Gasteiger charge is -2.45. The van der Waals surface area contributed by atoms with Gasteiger partial charge in [-0.3, -0.25) is 9.48 Å². The van der Waals surface area contributed by atoms with Gasteiger partial charge in [-0.25, -0.2) is 9.97 Å². The molecule has 190 valence electrons. The minimum Gasteiger partial charge on any atom is -0.390 e. The number of anilines is 2. The van der Waals surface area contributed by atoms with Crippen molar-refractivity contribution in [3.63, 3.8) is 0 Å². The summed E-state index contributed by atoms with van der Waals surface area (Å²) in [5.41, 5.74) is -1.20. The first-order chi connectivity index (χ1) is 16.9. The molecule has 6 rings (SSSR count). The van der Waals surface area contributed by atoms with Crippen molar-refractivity contribution in [2.45, 2.75) is 58.0 Å². The second-order valence-electron chi connectivity index (χ2n) is 10.1. The molecule has 2 N–H and O–H groups in total. The molecular weight excluding hydrogens is 473 g/mol. The third-order valence-corrected chi connectivity index (χ3v) is 7.42. The standard InChI is InChI=1S/C25H27F3N6O2/c1-4-33-13-15(11-30-33)18-6-5-7-19(31-18)22(35)32-20-8-16(12-29-21(20)25(26,27)28)34-14-24(23(2,3)36)9-17(34)10-24/h5-8,11-13,17,36H,4,9-10,14H2,1-3H3,(H,32,35). The highest BCUT2D eigenvalue weighted by Gasteiger charge is 2.61. The van der Waals surface area contributed by atoms with Crippen LogP contribution in [0.15, 0.2) is 42.9 Å². The van der Waals surface area contributed by atoms with Gasteiger partial charge >= 0.3 is 6.18 Å². The molecule has 3 aromatic rings. The number of nitrogens with zero attached hydrogens (tertiary/aromatic N) is 5. The number of aryl methyl sites for hydroxylation is 1.